The van der Waals surface area contributed by atoms with Crippen molar-refractivity contribution < 1.29 is 19.4 Å². The van der Waals surface area contributed by atoms with Gasteiger partial charge in [-0.15, -0.1) is 0 Å². The monoisotopic (exact) mass is 263 g/mol. The van der Waals surface area contributed by atoms with E-state index in [-0.39, 0.29) is 11.1 Å². The SMILES string of the molecule is COCc1cccc(NC(=O)/C(C)=C(/C)C(=O)O)c1. The van der Waals surface area contributed by atoms with Crippen molar-refractivity contribution in [3.8, 4) is 0 Å². The second-order valence-corrected chi connectivity index (χ2v) is 4.14. The molecule has 102 valence electrons. The molecule has 0 fully saturated rings. The molecular weight excluding hydrogens is 246 g/mol. The minimum atomic E-state index is -1.10. The minimum Gasteiger partial charge on any atom is -0.478 e. The summed E-state index contributed by atoms with van der Waals surface area (Å²) in [4.78, 5) is 22.6. The minimum absolute atomic E-state index is 0.0329. The Morgan fingerprint density at radius 3 is 2.53 bits per heavy atom. The van der Waals surface area contributed by atoms with Crippen LogP contribution in [0.5, 0.6) is 0 Å². The predicted molar refractivity (Wildman–Crippen MR) is 71.8 cm³/mol. The van der Waals surface area contributed by atoms with Crippen LogP contribution in [0, 0.1) is 0 Å². The molecule has 1 aromatic carbocycles. The number of hydrogen-bond donors (Lipinski definition) is 2. The van der Waals surface area contributed by atoms with Crippen molar-refractivity contribution in [2.45, 2.75) is 20.5 Å². The summed E-state index contributed by atoms with van der Waals surface area (Å²) in [5, 5.41) is 11.5. The van der Waals surface area contributed by atoms with Crippen LogP contribution < -0.4 is 5.32 Å². The number of carboxylic acid groups (broad SMARTS) is 1. The Kier molecular flexibility index (Phi) is 5.26. The van der Waals surface area contributed by atoms with Gasteiger partial charge >= 0.3 is 5.97 Å². The average Bonchev–Trinajstić information content (AvgIpc) is 2.37. The highest BCUT2D eigenvalue weighted by Crippen LogP contribution is 2.13. The van der Waals surface area contributed by atoms with E-state index in [9.17, 15) is 9.59 Å². The van der Waals surface area contributed by atoms with Crippen LogP contribution in [0.2, 0.25) is 0 Å². The fraction of sp³-hybridized carbons (Fsp3) is 0.286. The molecule has 0 atom stereocenters. The molecule has 0 aliphatic rings. The van der Waals surface area contributed by atoms with Gasteiger partial charge in [0.05, 0.1) is 6.61 Å². The molecule has 0 heterocycles. The molecule has 0 radical (unpaired) electrons. The standard InChI is InChI=1S/C14H17NO4/c1-9(10(2)14(17)18)13(16)15-12-6-4-5-11(7-12)8-19-3/h4-7H,8H2,1-3H3,(H,15,16)(H,17,18)/b10-9-. The van der Waals surface area contributed by atoms with Crippen molar-refractivity contribution in [1.82, 2.24) is 0 Å². The van der Waals surface area contributed by atoms with Gasteiger partial charge < -0.3 is 15.2 Å². The smallest absolute Gasteiger partial charge is 0.331 e. The van der Waals surface area contributed by atoms with Crippen LogP contribution in [0.3, 0.4) is 0 Å². The number of hydrogen-bond acceptors (Lipinski definition) is 3. The molecule has 0 bridgehead atoms. The molecule has 1 amide bonds. The van der Waals surface area contributed by atoms with Crippen LogP contribution in [0.1, 0.15) is 19.4 Å². The maximum atomic E-state index is 11.9. The van der Waals surface area contributed by atoms with Gasteiger partial charge in [-0.1, -0.05) is 12.1 Å². The highest BCUT2D eigenvalue weighted by molar-refractivity contribution is 6.08. The number of rotatable bonds is 5. The van der Waals surface area contributed by atoms with Crippen molar-refractivity contribution >= 4 is 17.6 Å². The van der Waals surface area contributed by atoms with Gasteiger partial charge in [0.25, 0.3) is 5.91 Å². The number of amides is 1. The van der Waals surface area contributed by atoms with Gasteiger partial charge in [-0.3, -0.25) is 4.79 Å². The second-order valence-electron chi connectivity index (χ2n) is 4.14. The van der Waals surface area contributed by atoms with E-state index in [0.717, 1.165) is 5.56 Å². The largest absolute Gasteiger partial charge is 0.478 e. The molecule has 5 heteroatoms. The molecule has 0 saturated carbocycles. The number of carboxylic acids is 1. The van der Waals surface area contributed by atoms with Gasteiger partial charge in [-0.2, -0.15) is 0 Å². The number of aliphatic carboxylic acids is 1. The summed E-state index contributed by atoms with van der Waals surface area (Å²) in [5.41, 5.74) is 1.75. The molecule has 19 heavy (non-hydrogen) atoms. The second kappa shape index (κ2) is 6.70. The van der Waals surface area contributed by atoms with Crippen molar-refractivity contribution in [2.75, 3.05) is 12.4 Å². The number of methoxy groups -OCH3 is 1. The van der Waals surface area contributed by atoms with E-state index < -0.39 is 11.9 Å². The molecule has 1 rings (SSSR count). The Morgan fingerprint density at radius 1 is 1.26 bits per heavy atom. The zero-order valence-electron chi connectivity index (χ0n) is 11.2. The molecule has 5 nitrogen and oxygen atoms in total. The molecule has 0 aromatic heterocycles. The number of nitrogens with one attached hydrogen (secondary N) is 1. The zero-order chi connectivity index (χ0) is 14.4. The van der Waals surface area contributed by atoms with Crippen LogP contribution in [0.15, 0.2) is 35.4 Å². The fourth-order valence-electron chi connectivity index (χ4n) is 1.46. The highest BCUT2D eigenvalue weighted by atomic mass is 16.5. The Balaban J connectivity index is 2.85. The number of anilines is 1. The first-order valence-electron chi connectivity index (χ1n) is 5.75. The van der Waals surface area contributed by atoms with E-state index >= 15 is 0 Å². The molecule has 2 N–H and O–H groups in total. The number of benzene rings is 1. The predicted octanol–water partition coefficient (Wildman–Crippen LogP) is 2.19. The van der Waals surface area contributed by atoms with Crippen LogP contribution in [-0.4, -0.2) is 24.1 Å². The van der Waals surface area contributed by atoms with E-state index in [1.54, 1.807) is 25.3 Å². The lowest BCUT2D eigenvalue weighted by molar-refractivity contribution is -0.133. The van der Waals surface area contributed by atoms with Crippen LogP contribution in [-0.2, 0) is 20.9 Å². The first-order valence-corrected chi connectivity index (χ1v) is 5.75. The molecule has 0 unspecified atom stereocenters. The summed E-state index contributed by atoms with van der Waals surface area (Å²) in [5.74, 6) is -1.52. The van der Waals surface area contributed by atoms with Gasteiger partial charge in [-0.05, 0) is 31.5 Å². The van der Waals surface area contributed by atoms with Crippen molar-refractivity contribution in [3.05, 3.63) is 41.0 Å². The fourth-order valence-corrected chi connectivity index (χ4v) is 1.46. The summed E-state index contributed by atoms with van der Waals surface area (Å²) in [6, 6.07) is 7.20. The average molecular weight is 263 g/mol. The first kappa shape index (κ1) is 14.9. The normalized spacial score (nSPS) is 11.7. The quantitative estimate of drug-likeness (QED) is 0.798. The third-order valence-corrected chi connectivity index (χ3v) is 2.72. The van der Waals surface area contributed by atoms with Gasteiger partial charge in [0.2, 0.25) is 0 Å². The van der Waals surface area contributed by atoms with E-state index in [2.05, 4.69) is 5.32 Å². The van der Waals surface area contributed by atoms with Crippen LogP contribution in [0.4, 0.5) is 5.69 Å². The number of carbonyl (C=O) groups is 2. The summed E-state index contributed by atoms with van der Waals surface area (Å²) < 4.78 is 5.01. The van der Waals surface area contributed by atoms with Gasteiger partial charge in [0.15, 0.2) is 0 Å². The van der Waals surface area contributed by atoms with Gasteiger partial charge in [0, 0.05) is 23.9 Å². The molecule has 0 spiro atoms. The summed E-state index contributed by atoms with van der Waals surface area (Å²) >= 11 is 0. The van der Waals surface area contributed by atoms with E-state index in [0.29, 0.717) is 12.3 Å². The highest BCUT2D eigenvalue weighted by Gasteiger charge is 2.12. The molecule has 1 aromatic rings. The third kappa shape index (κ3) is 4.22. The summed E-state index contributed by atoms with van der Waals surface area (Å²) in [6.07, 6.45) is 0. The maximum absolute atomic E-state index is 11.9. The Hall–Kier alpha value is -2.14. The molecular formula is C14H17NO4. The van der Waals surface area contributed by atoms with E-state index in [4.69, 9.17) is 9.84 Å². The first-order chi connectivity index (χ1) is 8.95. The maximum Gasteiger partial charge on any atom is 0.331 e. The van der Waals surface area contributed by atoms with Gasteiger partial charge in [-0.25, -0.2) is 4.79 Å². The van der Waals surface area contributed by atoms with Crippen molar-refractivity contribution in [1.29, 1.82) is 0 Å². The lowest BCUT2D eigenvalue weighted by Gasteiger charge is -2.08. The lowest BCUT2D eigenvalue weighted by atomic mass is 10.1. The Labute approximate surface area is 111 Å². The number of carbonyl (C=O) groups excluding carboxylic acids is 1. The molecule has 0 aliphatic carbocycles. The Morgan fingerprint density at radius 2 is 1.95 bits per heavy atom. The Bertz CT molecular complexity index is 520. The molecule has 0 saturated heterocycles. The van der Waals surface area contributed by atoms with E-state index in [1.165, 1.54) is 13.8 Å². The van der Waals surface area contributed by atoms with Gasteiger partial charge in [0.1, 0.15) is 0 Å². The summed E-state index contributed by atoms with van der Waals surface area (Å²) in [7, 11) is 1.59. The lowest BCUT2D eigenvalue weighted by Crippen LogP contribution is -2.16. The van der Waals surface area contributed by atoms with E-state index in [1.807, 2.05) is 6.07 Å². The number of ether oxygens (including phenoxy) is 1. The summed E-state index contributed by atoms with van der Waals surface area (Å²) in [6.45, 7) is 3.34. The van der Waals surface area contributed by atoms with Crippen molar-refractivity contribution in [3.63, 3.8) is 0 Å². The van der Waals surface area contributed by atoms with Crippen molar-refractivity contribution in [2.24, 2.45) is 0 Å². The topological polar surface area (TPSA) is 75.6 Å². The van der Waals surface area contributed by atoms with Crippen LogP contribution in [0.25, 0.3) is 0 Å². The zero-order valence-corrected chi connectivity index (χ0v) is 11.2. The molecule has 0 aliphatic heterocycles. The van der Waals surface area contributed by atoms with Crippen LogP contribution >= 0.6 is 0 Å². The third-order valence-electron chi connectivity index (χ3n) is 2.72.